The van der Waals surface area contributed by atoms with Crippen LogP contribution in [0.1, 0.15) is 30.6 Å². The molecule has 0 aromatic heterocycles. The molecule has 0 aliphatic rings. The van der Waals surface area contributed by atoms with Crippen LogP contribution in [0.15, 0.2) is 18.2 Å². The van der Waals surface area contributed by atoms with Crippen molar-refractivity contribution >= 4 is 17.3 Å². The van der Waals surface area contributed by atoms with Gasteiger partial charge in [0.25, 0.3) is 5.91 Å². The maximum Gasteiger partial charge on any atom is 0.255 e. The summed E-state index contributed by atoms with van der Waals surface area (Å²) in [5.41, 5.74) is 7.73. The van der Waals surface area contributed by atoms with E-state index in [1.54, 1.807) is 32.3 Å². The molecule has 0 aliphatic carbocycles. The summed E-state index contributed by atoms with van der Waals surface area (Å²) in [5.74, 6) is 0.268. The van der Waals surface area contributed by atoms with Crippen molar-refractivity contribution in [1.82, 2.24) is 4.90 Å². The van der Waals surface area contributed by atoms with Gasteiger partial charge in [0.05, 0.1) is 5.56 Å². The average molecular weight is 279 g/mol. The summed E-state index contributed by atoms with van der Waals surface area (Å²) in [5, 5.41) is 12.5. The second-order valence-electron chi connectivity index (χ2n) is 5.51. The highest BCUT2D eigenvalue weighted by atomic mass is 16.3. The van der Waals surface area contributed by atoms with Crippen molar-refractivity contribution in [1.29, 1.82) is 0 Å². The Morgan fingerprint density at radius 2 is 2.05 bits per heavy atom. The molecule has 1 amide bonds. The molecule has 1 unspecified atom stereocenters. The highest BCUT2D eigenvalue weighted by molar-refractivity contribution is 6.00. The number of nitrogens with two attached hydrogens (primary N) is 1. The minimum absolute atomic E-state index is 0.0704. The van der Waals surface area contributed by atoms with E-state index in [2.05, 4.69) is 19.2 Å². The van der Waals surface area contributed by atoms with Crippen molar-refractivity contribution in [3.63, 3.8) is 0 Å². The first-order valence-corrected chi connectivity index (χ1v) is 6.85. The summed E-state index contributed by atoms with van der Waals surface area (Å²) in [6.07, 6.45) is 0.627. The van der Waals surface area contributed by atoms with E-state index in [4.69, 9.17) is 10.8 Å². The number of nitrogens with one attached hydrogen (secondary N) is 1. The Hall–Kier alpha value is -1.75. The van der Waals surface area contributed by atoms with E-state index in [0.717, 1.165) is 5.69 Å². The van der Waals surface area contributed by atoms with Crippen molar-refractivity contribution in [2.24, 2.45) is 5.92 Å². The Labute approximate surface area is 120 Å². The molecular weight excluding hydrogens is 254 g/mol. The van der Waals surface area contributed by atoms with Crippen molar-refractivity contribution in [2.75, 3.05) is 31.8 Å². The van der Waals surface area contributed by atoms with E-state index in [1.807, 2.05) is 0 Å². The van der Waals surface area contributed by atoms with Crippen molar-refractivity contribution in [3.8, 4) is 0 Å². The number of benzene rings is 1. The number of hydrogen-bond donors (Lipinski definition) is 3. The monoisotopic (exact) mass is 279 g/mol. The van der Waals surface area contributed by atoms with Gasteiger partial charge in [-0.15, -0.1) is 0 Å². The largest absolute Gasteiger partial charge is 0.399 e. The molecule has 0 radical (unpaired) electrons. The van der Waals surface area contributed by atoms with Gasteiger partial charge in [-0.25, -0.2) is 0 Å². The van der Waals surface area contributed by atoms with Crippen LogP contribution in [0, 0.1) is 5.92 Å². The third-order valence-corrected chi connectivity index (χ3v) is 3.27. The van der Waals surface area contributed by atoms with Crippen LogP contribution >= 0.6 is 0 Å². The van der Waals surface area contributed by atoms with Gasteiger partial charge in [0.1, 0.15) is 0 Å². The molecule has 0 bridgehead atoms. The fourth-order valence-corrected chi connectivity index (χ4v) is 2.02. The van der Waals surface area contributed by atoms with Gasteiger partial charge in [-0.1, -0.05) is 13.8 Å². The Bertz CT molecular complexity index is 458. The maximum absolute atomic E-state index is 12.2. The van der Waals surface area contributed by atoms with E-state index in [9.17, 15) is 4.79 Å². The van der Waals surface area contributed by atoms with Crippen LogP contribution in [0.3, 0.4) is 0 Å². The van der Waals surface area contributed by atoms with E-state index in [1.165, 1.54) is 4.90 Å². The summed E-state index contributed by atoms with van der Waals surface area (Å²) in [6, 6.07) is 5.31. The third kappa shape index (κ3) is 4.13. The summed E-state index contributed by atoms with van der Waals surface area (Å²) >= 11 is 0. The molecule has 0 heterocycles. The first-order valence-electron chi connectivity index (χ1n) is 6.85. The third-order valence-electron chi connectivity index (χ3n) is 3.27. The molecule has 1 aromatic carbocycles. The van der Waals surface area contributed by atoms with Gasteiger partial charge in [-0.2, -0.15) is 0 Å². The summed E-state index contributed by atoms with van der Waals surface area (Å²) in [7, 11) is 3.44. The van der Waals surface area contributed by atoms with Gasteiger partial charge in [0.2, 0.25) is 0 Å². The number of amides is 1. The maximum atomic E-state index is 12.2. The molecule has 5 heteroatoms. The molecule has 1 aromatic rings. The zero-order chi connectivity index (χ0) is 15.3. The Morgan fingerprint density at radius 3 is 2.55 bits per heavy atom. The molecule has 0 aliphatic heterocycles. The summed E-state index contributed by atoms with van der Waals surface area (Å²) in [4.78, 5) is 13.7. The second-order valence-corrected chi connectivity index (χ2v) is 5.51. The lowest BCUT2D eigenvalue weighted by molar-refractivity contribution is 0.0828. The molecule has 4 N–H and O–H groups in total. The number of carbonyl (C=O) groups excluding carboxylic acids is 1. The standard InChI is InChI=1S/C15H25N3O2/c1-10(2)13(7-8-19)17-14-9-11(16)5-6-12(14)15(20)18(3)4/h5-6,9-10,13,17,19H,7-8,16H2,1-4H3. The second kappa shape index (κ2) is 7.14. The molecule has 112 valence electrons. The Kier molecular flexibility index (Phi) is 5.82. The first kappa shape index (κ1) is 16.3. The van der Waals surface area contributed by atoms with E-state index in [0.29, 0.717) is 23.6 Å². The molecule has 20 heavy (non-hydrogen) atoms. The minimum atomic E-state index is -0.0704. The van der Waals surface area contributed by atoms with E-state index >= 15 is 0 Å². The van der Waals surface area contributed by atoms with Gasteiger partial charge >= 0.3 is 0 Å². The average Bonchev–Trinajstić information content (AvgIpc) is 2.37. The highest BCUT2D eigenvalue weighted by Crippen LogP contribution is 2.23. The van der Waals surface area contributed by atoms with Crippen LogP contribution in [0.2, 0.25) is 0 Å². The number of aliphatic hydroxyl groups excluding tert-OH is 1. The number of rotatable bonds is 6. The lowest BCUT2D eigenvalue weighted by Crippen LogP contribution is -2.29. The highest BCUT2D eigenvalue weighted by Gasteiger charge is 2.18. The zero-order valence-corrected chi connectivity index (χ0v) is 12.7. The van der Waals surface area contributed by atoms with Crippen LogP contribution in [0.5, 0.6) is 0 Å². The number of nitrogen functional groups attached to an aromatic ring is 1. The Morgan fingerprint density at radius 1 is 1.40 bits per heavy atom. The number of carbonyl (C=O) groups is 1. The van der Waals surface area contributed by atoms with E-state index in [-0.39, 0.29) is 18.6 Å². The molecule has 1 atom stereocenters. The van der Waals surface area contributed by atoms with Crippen LogP contribution in [-0.2, 0) is 0 Å². The molecule has 0 saturated carbocycles. The van der Waals surface area contributed by atoms with Crippen molar-refractivity contribution < 1.29 is 9.90 Å². The lowest BCUT2D eigenvalue weighted by Gasteiger charge is -2.25. The number of aliphatic hydroxyl groups is 1. The molecule has 1 rings (SSSR count). The lowest BCUT2D eigenvalue weighted by atomic mass is 10.00. The Balaban J connectivity index is 3.08. The van der Waals surface area contributed by atoms with E-state index < -0.39 is 0 Å². The summed E-state index contributed by atoms with van der Waals surface area (Å²) in [6.45, 7) is 4.26. The van der Waals surface area contributed by atoms with Crippen LogP contribution in [-0.4, -0.2) is 42.7 Å². The van der Waals surface area contributed by atoms with Gasteiger partial charge < -0.3 is 21.1 Å². The fraction of sp³-hybridized carbons (Fsp3) is 0.533. The smallest absolute Gasteiger partial charge is 0.255 e. The predicted molar refractivity (Wildman–Crippen MR) is 82.8 cm³/mol. The van der Waals surface area contributed by atoms with Gasteiger partial charge in [0, 0.05) is 38.1 Å². The molecular formula is C15H25N3O2. The van der Waals surface area contributed by atoms with Crippen LogP contribution < -0.4 is 11.1 Å². The predicted octanol–water partition coefficient (Wildman–Crippen LogP) is 1.79. The molecule has 5 nitrogen and oxygen atoms in total. The molecule has 0 saturated heterocycles. The zero-order valence-electron chi connectivity index (χ0n) is 12.7. The van der Waals surface area contributed by atoms with Crippen molar-refractivity contribution in [3.05, 3.63) is 23.8 Å². The number of nitrogens with zero attached hydrogens (tertiary/aromatic N) is 1. The number of hydrogen-bond acceptors (Lipinski definition) is 4. The van der Waals surface area contributed by atoms with Crippen LogP contribution in [0.4, 0.5) is 11.4 Å². The fourth-order valence-electron chi connectivity index (χ4n) is 2.02. The SMILES string of the molecule is CC(C)C(CCO)Nc1cc(N)ccc1C(=O)N(C)C. The van der Waals surface area contributed by atoms with Crippen LogP contribution in [0.25, 0.3) is 0 Å². The molecule has 0 fully saturated rings. The van der Waals surface area contributed by atoms with Gasteiger partial charge in [0.15, 0.2) is 0 Å². The normalized spacial score (nSPS) is 12.3. The van der Waals surface area contributed by atoms with Gasteiger partial charge in [-0.3, -0.25) is 4.79 Å². The quantitative estimate of drug-likeness (QED) is 0.694. The first-order chi connectivity index (χ1) is 9.36. The van der Waals surface area contributed by atoms with Gasteiger partial charge in [-0.05, 0) is 30.5 Å². The summed E-state index contributed by atoms with van der Waals surface area (Å²) < 4.78 is 0. The topological polar surface area (TPSA) is 78.6 Å². The number of anilines is 2. The minimum Gasteiger partial charge on any atom is -0.399 e. The molecule has 0 spiro atoms. The van der Waals surface area contributed by atoms with Crippen molar-refractivity contribution in [2.45, 2.75) is 26.3 Å².